The molecule has 0 aromatic heterocycles. The molecule has 2 unspecified atom stereocenters. The Kier molecular flexibility index (Phi) is 5.88. The van der Waals surface area contributed by atoms with Crippen LogP contribution in [0.3, 0.4) is 0 Å². The topological polar surface area (TPSA) is 50.8 Å². The van der Waals surface area contributed by atoms with Gasteiger partial charge in [-0.2, -0.15) is 0 Å². The number of hydrogen-bond acceptors (Lipinski definition) is 4. The second-order valence-corrected chi connectivity index (χ2v) is 7.14. The van der Waals surface area contributed by atoms with Crippen molar-refractivity contribution in [1.29, 1.82) is 0 Å². The molecule has 0 aliphatic carbocycles. The van der Waals surface area contributed by atoms with Crippen molar-refractivity contribution in [2.45, 2.75) is 70.6 Å². The van der Waals surface area contributed by atoms with Crippen molar-refractivity contribution in [2.75, 3.05) is 26.2 Å². The molecule has 2 aliphatic heterocycles. The van der Waals surface area contributed by atoms with Crippen LogP contribution >= 0.6 is 0 Å². The Morgan fingerprint density at radius 3 is 2.81 bits per heavy atom. The zero-order chi connectivity index (χ0) is 15.3. The second kappa shape index (κ2) is 7.45. The number of rotatable bonds is 4. The fourth-order valence-corrected chi connectivity index (χ4v) is 2.90. The van der Waals surface area contributed by atoms with Crippen molar-refractivity contribution < 1.29 is 14.3 Å². The van der Waals surface area contributed by atoms with Gasteiger partial charge in [0.1, 0.15) is 5.60 Å². The first-order valence-electron chi connectivity index (χ1n) is 8.27. The third-order valence-electron chi connectivity index (χ3n) is 4.01. The fraction of sp³-hybridized carbons (Fsp3) is 0.938. The zero-order valence-corrected chi connectivity index (χ0v) is 13.7. The van der Waals surface area contributed by atoms with Gasteiger partial charge in [-0.3, -0.25) is 0 Å². The van der Waals surface area contributed by atoms with Crippen LogP contribution in [0.2, 0.25) is 0 Å². The largest absolute Gasteiger partial charge is 0.444 e. The minimum atomic E-state index is -0.416. The van der Waals surface area contributed by atoms with E-state index in [9.17, 15) is 4.79 Å². The number of likely N-dealkylation sites (tertiary alicyclic amines) is 1. The average molecular weight is 298 g/mol. The minimum Gasteiger partial charge on any atom is -0.444 e. The van der Waals surface area contributed by atoms with Crippen LogP contribution in [0.1, 0.15) is 52.9 Å². The van der Waals surface area contributed by atoms with E-state index in [1.165, 1.54) is 19.3 Å². The summed E-state index contributed by atoms with van der Waals surface area (Å²) < 4.78 is 11.1. The van der Waals surface area contributed by atoms with Gasteiger partial charge in [0.25, 0.3) is 0 Å². The Morgan fingerprint density at radius 1 is 1.33 bits per heavy atom. The molecule has 5 nitrogen and oxygen atoms in total. The number of carbonyl (C=O) groups excluding carboxylic acids is 1. The van der Waals surface area contributed by atoms with Crippen molar-refractivity contribution in [1.82, 2.24) is 10.2 Å². The third-order valence-corrected chi connectivity index (χ3v) is 4.01. The Bertz CT molecular complexity index is 335. The molecule has 2 rings (SSSR count). The van der Waals surface area contributed by atoms with Gasteiger partial charge < -0.3 is 19.7 Å². The van der Waals surface area contributed by atoms with Gasteiger partial charge in [0, 0.05) is 25.7 Å². The van der Waals surface area contributed by atoms with E-state index in [0.29, 0.717) is 12.1 Å². The first-order valence-corrected chi connectivity index (χ1v) is 8.27. The van der Waals surface area contributed by atoms with E-state index in [1.54, 1.807) is 4.90 Å². The maximum absolute atomic E-state index is 12.0. The van der Waals surface area contributed by atoms with E-state index in [4.69, 9.17) is 9.47 Å². The highest BCUT2D eigenvalue weighted by Gasteiger charge is 2.29. The predicted molar refractivity (Wildman–Crippen MR) is 82.4 cm³/mol. The molecule has 2 saturated heterocycles. The zero-order valence-electron chi connectivity index (χ0n) is 13.7. The highest BCUT2D eigenvalue weighted by Crippen LogP contribution is 2.17. The van der Waals surface area contributed by atoms with Crippen LogP contribution in [-0.4, -0.2) is 55.0 Å². The molecule has 2 fully saturated rings. The Labute approximate surface area is 128 Å². The van der Waals surface area contributed by atoms with Gasteiger partial charge in [-0.05, 0) is 59.4 Å². The first kappa shape index (κ1) is 16.6. The summed E-state index contributed by atoms with van der Waals surface area (Å²) in [4.78, 5) is 13.8. The van der Waals surface area contributed by atoms with Gasteiger partial charge >= 0.3 is 6.09 Å². The number of ether oxygens (including phenoxy) is 2. The number of carbonyl (C=O) groups is 1. The highest BCUT2D eigenvalue weighted by atomic mass is 16.6. The summed E-state index contributed by atoms with van der Waals surface area (Å²) in [5.74, 6) is 0. The van der Waals surface area contributed by atoms with E-state index >= 15 is 0 Å². The SMILES string of the molecule is CC(C)(C)OC(=O)N1CCC(NCCC2CCCCO2)C1. The number of nitrogens with zero attached hydrogens (tertiary/aromatic N) is 1. The summed E-state index contributed by atoms with van der Waals surface area (Å²) in [5, 5.41) is 3.55. The van der Waals surface area contributed by atoms with E-state index in [-0.39, 0.29) is 6.09 Å². The lowest BCUT2D eigenvalue weighted by molar-refractivity contribution is 0.0111. The molecule has 1 N–H and O–H groups in total. The van der Waals surface area contributed by atoms with E-state index in [1.807, 2.05) is 20.8 Å². The monoisotopic (exact) mass is 298 g/mol. The molecule has 2 atom stereocenters. The van der Waals surface area contributed by atoms with Crippen LogP contribution in [0.5, 0.6) is 0 Å². The molecule has 122 valence electrons. The molecular weight excluding hydrogens is 268 g/mol. The average Bonchev–Trinajstić information content (AvgIpc) is 2.87. The number of amides is 1. The molecule has 5 heteroatoms. The Hall–Kier alpha value is -0.810. The Balaban J connectivity index is 1.62. The molecule has 2 aliphatic rings. The van der Waals surface area contributed by atoms with Crippen LogP contribution in [0.25, 0.3) is 0 Å². The van der Waals surface area contributed by atoms with Crippen molar-refractivity contribution in [3.05, 3.63) is 0 Å². The van der Waals surface area contributed by atoms with Gasteiger partial charge in [0.05, 0.1) is 6.10 Å². The highest BCUT2D eigenvalue weighted by molar-refractivity contribution is 5.68. The maximum atomic E-state index is 12.0. The number of hydrogen-bond donors (Lipinski definition) is 1. The lowest BCUT2D eigenvalue weighted by atomic mass is 10.1. The van der Waals surface area contributed by atoms with E-state index in [0.717, 1.165) is 39.1 Å². The Morgan fingerprint density at radius 2 is 2.14 bits per heavy atom. The van der Waals surface area contributed by atoms with Crippen molar-refractivity contribution in [2.24, 2.45) is 0 Å². The standard InChI is InChI=1S/C16H30N2O3/c1-16(2,3)21-15(19)18-10-8-13(12-18)17-9-7-14-6-4-5-11-20-14/h13-14,17H,4-12H2,1-3H3. The molecule has 1 amide bonds. The van der Waals surface area contributed by atoms with Crippen molar-refractivity contribution in [3.63, 3.8) is 0 Å². The van der Waals surface area contributed by atoms with Crippen LogP contribution in [0.4, 0.5) is 4.79 Å². The van der Waals surface area contributed by atoms with Crippen LogP contribution in [0.15, 0.2) is 0 Å². The first-order chi connectivity index (χ1) is 9.94. The molecule has 21 heavy (non-hydrogen) atoms. The van der Waals surface area contributed by atoms with Crippen molar-refractivity contribution >= 4 is 6.09 Å². The molecule has 0 bridgehead atoms. The van der Waals surface area contributed by atoms with Gasteiger partial charge in [-0.1, -0.05) is 0 Å². The maximum Gasteiger partial charge on any atom is 0.410 e. The van der Waals surface area contributed by atoms with Crippen LogP contribution < -0.4 is 5.32 Å². The van der Waals surface area contributed by atoms with Gasteiger partial charge in [0.15, 0.2) is 0 Å². The normalized spacial score (nSPS) is 26.9. The fourth-order valence-electron chi connectivity index (χ4n) is 2.90. The minimum absolute atomic E-state index is 0.192. The van der Waals surface area contributed by atoms with Gasteiger partial charge in [-0.15, -0.1) is 0 Å². The van der Waals surface area contributed by atoms with Gasteiger partial charge in [0.2, 0.25) is 0 Å². The lowest BCUT2D eigenvalue weighted by Crippen LogP contribution is -2.39. The van der Waals surface area contributed by atoms with E-state index in [2.05, 4.69) is 5.32 Å². The molecule has 2 heterocycles. The smallest absolute Gasteiger partial charge is 0.410 e. The summed E-state index contributed by atoms with van der Waals surface area (Å²) in [6, 6.07) is 0.390. The lowest BCUT2D eigenvalue weighted by Gasteiger charge is -2.25. The number of nitrogens with one attached hydrogen (secondary N) is 1. The molecule has 0 spiro atoms. The summed E-state index contributed by atoms with van der Waals surface area (Å²) >= 11 is 0. The molecule has 0 saturated carbocycles. The molecule has 0 aromatic rings. The summed E-state index contributed by atoms with van der Waals surface area (Å²) in [6.45, 7) is 9.13. The third kappa shape index (κ3) is 5.83. The molecular formula is C16H30N2O3. The second-order valence-electron chi connectivity index (χ2n) is 7.14. The van der Waals surface area contributed by atoms with Crippen LogP contribution in [-0.2, 0) is 9.47 Å². The van der Waals surface area contributed by atoms with Gasteiger partial charge in [-0.25, -0.2) is 4.79 Å². The summed E-state index contributed by atoms with van der Waals surface area (Å²) in [6.07, 6.45) is 6.00. The molecule has 0 aromatic carbocycles. The predicted octanol–water partition coefficient (Wildman–Crippen LogP) is 2.54. The van der Waals surface area contributed by atoms with E-state index < -0.39 is 5.60 Å². The summed E-state index contributed by atoms with van der Waals surface area (Å²) in [5.41, 5.74) is -0.416. The quantitative estimate of drug-likeness (QED) is 0.866. The van der Waals surface area contributed by atoms with Crippen molar-refractivity contribution in [3.8, 4) is 0 Å². The van der Waals surface area contributed by atoms with Crippen LogP contribution in [0, 0.1) is 0 Å². The molecule has 0 radical (unpaired) electrons. The summed E-state index contributed by atoms with van der Waals surface area (Å²) in [7, 11) is 0.